The Morgan fingerprint density at radius 2 is 2.24 bits per heavy atom. The Bertz CT molecular complexity index is 735. The molecule has 0 aliphatic carbocycles. The van der Waals surface area contributed by atoms with Crippen molar-refractivity contribution < 1.29 is 4.79 Å². The third-order valence-electron chi connectivity index (χ3n) is 3.43. The molecule has 0 radical (unpaired) electrons. The topological polar surface area (TPSA) is 68.9 Å². The maximum atomic E-state index is 12.1. The first-order valence-electron chi connectivity index (χ1n) is 6.85. The van der Waals surface area contributed by atoms with Crippen molar-refractivity contribution in [3.05, 3.63) is 45.6 Å². The SMILES string of the molecule is O=C(Cn1nc2n(c1=O)CCCC2)Nc1cccc(Cl)c1. The van der Waals surface area contributed by atoms with E-state index in [2.05, 4.69) is 10.4 Å². The first-order chi connectivity index (χ1) is 10.1. The molecule has 110 valence electrons. The van der Waals surface area contributed by atoms with Crippen LogP contribution in [0.15, 0.2) is 29.1 Å². The fourth-order valence-corrected chi connectivity index (χ4v) is 2.64. The quantitative estimate of drug-likeness (QED) is 0.938. The monoisotopic (exact) mass is 306 g/mol. The van der Waals surface area contributed by atoms with E-state index < -0.39 is 0 Å². The number of rotatable bonds is 3. The Balaban J connectivity index is 1.73. The lowest BCUT2D eigenvalue weighted by molar-refractivity contribution is -0.117. The zero-order chi connectivity index (χ0) is 14.8. The van der Waals surface area contributed by atoms with E-state index >= 15 is 0 Å². The van der Waals surface area contributed by atoms with Gasteiger partial charge in [-0.2, -0.15) is 5.10 Å². The first kappa shape index (κ1) is 13.9. The van der Waals surface area contributed by atoms with E-state index in [1.54, 1.807) is 28.8 Å². The zero-order valence-electron chi connectivity index (χ0n) is 11.4. The number of carbonyl (C=O) groups excluding carboxylic acids is 1. The van der Waals surface area contributed by atoms with Crippen LogP contribution in [0.25, 0.3) is 0 Å². The fourth-order valence-electron chi connectivity index (χ4n) is 2.45. The maximum Gasteiger partial charge on any atom is 0.346 e. The molecule has 21 heavy (non-hydrogen) atoms. The molecule has 0 bridgehead atoms. The molecular formula is C14H15ClN4O2. The van der Waals surface area contributed by atoms with Crippen molar-refractivity contribution >= 4 is 23.2 Å². The largest absolute Gasteiger partial charge is 0.346 e. The molecule has 0 spiro atoms. The summed E-state index contributed by atoms with van der Waals surface area (Å²) in [5.41, 5.74) is 0.385. The highest BCUT2D eigenvalue weighted by molar-refractivity contribution is 6.30. The molecular weight excluding hydrogens is 292 g/mol. The minimum Gasteiger partial charge on any atom is -0.324 e. The Morgan fingerprint density at radius 1 is 1.38 bits per heavy atom. The summed E-state index contributed by atoms with van der Waals surface area (Å²) in [5.74, 6) is 0.469. The Morgan fingerprint density at radius 3 is 3.00 bits per heavy atom. The second kappa shape index (κ2) is 5.73. The summed E-state index contributed by atoms with van der Waals surface area (Å²) in [6, 6.07) is 6.87. The third kappa shape index (κ3) is 3.00. The van der Waals surface area contributed by atoms with Crippen LogP contribution in [-0.2, 0) is 24.3 Å². The van der Waals surface area contributed by atoms with Crippen LogP contribution in [0.5, 0.6) is 0 Å². The van der Waals surface area contributed by atoms with Gasteiger partial charge in [0.2, 0.25) is 5.91 Å². The Labute approximate surface area is 126 Å². The van der Waals surface area contributed by atoms with Gasteiger partial charge in [-0.05, 0) is 31.0 Å². The second-order valence-electron chi connectivity index (χ2n) is 5.02. The van der Waals surface area contributed by atoms with Gasteiger partial charge in [0.15, 0.2) is 0 Å². The highest BCUT2D eigenvalue weighted by Crippen LogP contribution is 2.15. The molecule has 0 fully saturated rings. The van der Waals surface area contributed by atoms with Crippen molar-refractivity contribution in [3.63, 3.8) is 0 Å². The molecule has 1 aliphatic rings. The molecule has 1 N–H and O–H groups in total. The van der Waals surface area contributed by atoms with E-state index in [1.807, 2.05) is 0 Å². The standard InChI is InChI=1S/C14H15ClN4O2/c15-10-4-3-5-11(8-10)16-13(20)9-19-14(21)18-7-2-1-6-12(18)17-19/h3-5,8H,1-2,6-7,9H2,(H,16,20). The lowest BCUT2D eigenvalue weighted by Gasteiger charge is -2.09. The molecule has 1 aromatic heterocycles. The van der Waals surface area contributed by atoms with Gasteiger partial charge in [-0.3, -0.25) is 9.36 Å². The van der Waals surface area contributed by atoms with Gasteiger partial charge in [-0.15, -0.1) is 0 Å². The number of hydrogen-bond donors (Lipinski definition) is 1. The van der Waals surface area contributed by atoms with Crippen molar-refractivity contribution in [1.29, 1.82) is 0 Å². The predicted octanol–water partition coefficient (Wildman–Crippen LogP) is 1.67. The van der Waals surface area contributed by atoms with Gasteiger partial charge in [0, 0.05) is 23.7 Å². The number of carbonyl (C=O) groups is 1. The Hall–Kier alpha value is -2.08. The van der Waals surface area contributed by atoms with Gasteiger partial charge in [-0.1, -0.05) is 17.7 Å². The van der Waals surface area contributed by atoms with E-state index in [0.29, 0.717) is 17.3 Å². The zero-order valence-corrected chi connectivity index (χ0v) is 12.1. The van der Waals surface area contributed by atoms with E-state index in [9.17, 15) is 9.59 Å². The van der Waals surface area contributed by atoms with Gasteiger partial charge < -0.3 is 5.32 Å². The van der Waals surface area contributed by atoms with Crippen LogP contribution in [0.1, 0.15) is 18.7 Å². The maximum absolute atomic E-state index is 12.1. The molecule has 1 amide bonds. The number of halogens is 1. The summed E-state index contributed by atoms with van der Waals surface area (Å²) >= 11 is 5.86. The van der Waals surface area contributed by atoms with Crippen molar-refractivity contribution in [2.45, 2.75) is 32.4 Å². The van der Waals surface area contributed by atoms with Crippen LogP contribution in [0.3, 0.4) is 0 Å². The van der Waals surface area contributed by atoms with Crippen LogP contribution in [0.4, 0.5) is 5.69 Å². The molecule has 1 aliphatic heterocycles. The van der Waals surface area contributed by atoms with Gasteiger partial charge in [0.05, 0.1) is 0 Å². The molecule has 0 atom stereocenters. The summed E-state index contributed by atoms with van der Waals surface area (Å²) < 4.78 is 2.87. The van der Waals surface area contributed by atoms with E-state index in [4.69, 9.17) is 11.6 Å². The van der Waals surface area contributed by atoms with Crippen LogP contribution < -0.4 is 11.0 Å². The molecule has 3 rings (SSSR count). The molecule has 7 heteroatoms. The fraction of sp³-hybridized carbons (Fsp3) is 0.357. The number of amides is 1. The van der Waals surface area contributed by atoms with E-state index in [1.165, 1.54) is 4.68 Å². The lowest BCUT2D eigenvalue weighted by Crippen LogP contribution is -2.30. The normalized spacial score (nSPS) is 13.8. The van der Waals surface area contributed by atoms with E-state index in [-0.39, 0.29) is 18.1 Å². The summed E-state index contributed by atoms with van der Waals surface area (Å²) in [6.45, 7) is 0.593. The summed E-state index contributed by atoms with van der Waals surface area (Å²) in [7, 11) is 0. The molecule has 0 saturated heterocycles. The minimum atomic E-state index is -0.296. The van der Waals surface area contributed by atoms with Crippen molar-refractivity contribution in [1.82, 2.24) is 14.3 Å². The van der Waals surface area contributed by atoms with Gasteiger partial charge >= 0.3 is 5.69 Å². The Kier molecular flexibility index (Phi) is 3.79. The van der Waals surface area contributed by atoms with Crippen LogP contribution >= 0.6 is 11.6 Å². The molecule has 2 aromatic rings. The number of aryl methyl sites for hydroxylation is 1. The van der Waals surface area contributed by atoms with Gasteiger partial charge in [0.25, 0.3) is 0 Å². The molecule has 2 heterocycles. The minimum absolute atomic E-state index is 0.0919. The number of anilines is 1. The predicted molar refractivity (Wildman–Crippen MR) is 79.5 cm³/mol. The first-order valence-corrected chi connectivity index (χ1v) is 7.23. The smallest absolute Gasteiger partial charge is 0.324 e. The molecule has 6 nitrogen and oxygen atoms in total. The average molecular weight is 307 g/mol. The molecule has 1 aromatic carbocycles. The van der Waals surface area contributed by atoms with Crippen molar-refractivity contribution in [2.75, 3.05) is 5.32 Å². The summed E-state index contributed by atoms with van der Waals surface area (Å²) in [6.07, 6.45) is 2.80. The number of fused-ring (bicyclic) bond motifs is 1. The van der Waals surface area contributed by atoms with Gasteiger partial charge in [-0.25, -0.2) is 9.48 Å². The number of nitrogens with one attached hydrogen (secondary N) is 1. The van der Waals surface area contributed by atoms with Crippen LogP contribution in [0, 0.1) is 0 Å². The summed E-state index contributed by atoms with van der Waals surface area (Å²) in [5, 5.41) is 7.48. The number of hydrogen-bond acceptors (Lipinski definition) is 3. The highest BCUT2D eigenvalue weighted by atomic mass is 35.5. The lowest BCUT2D eigenvalue weighted by atomic mass is 10.2. The van der Waals surface area contributed by atoms with Crippen LogP contribution in [0.2, 0.25) is 5.02 Å². The highest BCUT2D eigenvalue weighted by Gasteiger charge is 2.18. The molecule has 0 saturated carbocycles. The van der Waals surface area contributed by atoms with Gasteiger partial charge in [0.1, 0.15) is 12.4 Å². The number of nitrogens with zero attached hydrogens (tertiary/aromatic N) is 3. The van der Waals surface area contributed by atoms with Crippen molar-refractivity contribution in [3.8, 4) is 0 Å². The van der Waals surface area contributed by atoms with Crippen LogP contribution in [-0.4, -0.2) is 20.3 Å². The molecule has 0 unspecified atom stereocenters. The average Bonchev–Trinajstić information content (AvgIpc) is 2.76. The summed E-state index contributed by atoms with van der Waals surface area (Å²) in [4.78, 5) is 24.1. The second-order valence-corrected chi connectivity index (χ2v) is 5.46. The third-order valence-corrected chi connectivity index (χ3v) is 3.67. The number of benzene rings is 1. The van der Waals surface area contributed by atoms with E-state index in [0.717, 1.165) is 25.1 Å². The number of aromatic nitrogens is 3. The van der Waals surface area contributed by atoms with Crippen molar-refractivity contribution in [2.24, 2.45) is 0 Å².